The van der Waals surface area contributed by atoms with E-state index in [0.717, 1.165) is 11.7 Å². The van der Waals surface area contributed by atoms with Gasteiger partial charge in [0.05, 0.1) is 12.0 Å². The molecule has 2 rings (SSSR count). The Labute approximate surface area is 89.2 Å². The fourth-order valence-corrected chi connectivity index (χ4v) is 2.22. The minimum atomic E-state index is 0.803. The average Bonchev–Trinajstić information content (AvgIpc) is 3.01. The zero-order chi connectivity index (χ0) is 9.97. The summed E-state index contributed by atoms with van der Waals surface area (Å²) in [4.78, 5) is 1.18. The lowest BCUT2D eigenvalue weighted by Crippen LogP contribution is -1.95. The summed E-state index contributed by atoms with van der Waals surface area (Å²) < 4.78 is 8.37. The van der Waals surface area contributed by atoms with Crippen molar-refractivity contribution in [2.24, 2.45) is 0 Å². The predicted molar refractivity (Wildman–Crippen MR) is 59.9 cm³/mol. The van der Waals surface area contributed by atoms with E-state index >= 15 is 0 Å². The van der Waals surface area contributed by atoms with E-state index in [4.69, 9.17) is 4.74 Å². The summed E-state index contributed by atoms with van der Waals surface area (Å²) in [5, 5.41) is 0. The van der Waals surface area contributed by atoms with Crippen LogP contribution in [0, 0.1) is 0 Å². The van der Waals surface area contributed by atoms with Crippen LogP contribution in [0.25, 0.3) is 0 Å². The Morgan fingerprint density at radius 3 is 2.79 bits per heavy atom. The van der Waals surface area contributed by atoms with Crippen LogP contribution in [0.1, 0.15) is 24.3 Å². The first-order valence-corrected chi connectivity index (χ1v) is 5.68. The van der Waals surface area contributed by atoms with Crippen molar-refractivity contribution in [3.63, 3.8) is 0 Å². The number of rotatable bonds is 4. The van der Waals surface area contributed by atoms with Gasteiger partial charge < -0.3 is 4.74 Å². The van der Waals surface area contributed by atoms with Crippen LogP contribution in [0.2, 0.25) is 0 Å². The molecule has 0 amide bonds. The molecule has 0 bridgehead atoms. The Morgan fingerprint density at radius 2 is 2.21 bits per heavy atom. The minimum absolute atomic E-state index is 0.803. The third-order valence-corrected chi connectivity index (χ3v) is 3.19. The molecule has 1 aromatic carbocycles. The summed E-state index contributed by atoms with van der Waals surface area (Å²) in [6.07, 6.45) is 2.69. The van der Waals surface area contributed by atoms with Crippen molar-refractivity contribution in [3.8, 4) is 5.75 Å². The standard InChI is InChI=1S/C11H15NOS/c1-12-14-11-7-9(8-3-4-8)5-6-10(11)13-2/h5-8,12H,3-4H2,1-2H3. The molecule has 1 fully saturated rings. The molecule has 0 aliphatic heterocycles. The fourth-order valence-electron chi connectivity index (χ4n) is 1.55. The molecule has 0 spiro atoms. The normalized spacial score (nSPS) is 15.6. The maximum absolute atomic E-state index is 5.29. The van der Waals surface area contributed by atoms with Crippen LogP contribution >= 0.6 is 11.9 Å². The Balaban J connectivity index is 2.26. The van der Waals surface area contributed by atoms with Crippen molar-refractivity contribution < 1.29 is 4.74 Å². The quantitative estimate of drug-likeness (QED) is 0.770. The highest BCUT2D eigenvalue weighted by molar-refractivity contribution is 7.97. The molecular weight excluding hydrogens is 194 g/mol. The number of methoxy groups -OCH3 is 1. The number of hydrogen-bond acceptors (Lipinski definition) is 3. The second-order valence-corrected chi connectivity index (χ2v) is 4.54. The van der Waals surface area contributed by atoms with Gasteiger partial charge in [0.1, 0.15) is 5.75 Å². The second-order valence-electron chi connectivity index (χ2n) is 3.49. The molecule has 0 heterocycles. The van der Waals surface area contributed by atoms with Crippen molar-refractivity contribution in [2.45, 2.75) is 23.7 Å². The predicted octanol–water partition coefficient (Wildman–Crippen LogP) is 2.80. The highest BCUT2D eigenvalue weighted by Gasteiger charge is 2.24. The molecule has 0 unspecified atom stereocenters. The van der Waals surface area contributed by atoms with Crippen LogP contribution in [0.15, 0.2) is 23.1 Å². The first-order valence-electron chi connectivity index (χ1n) is 4.86. The number of nitrogens with one attached hydrogen (secondary N) is 1. The lowest BCUT2D eigenvalue weighted by molar-refractivity contribution is 0.404. The van der Waals surface area contributed by atoms with E-state index in [1.807, 2.05) is 7.05 Å². The molecular formula is C11H15NOS. The summed E-state index contributed by atoms with van der Waals surface area (Å²) in [6, 6.07) is 6.47. The molecule has 1 N–H and O–H groups in total. The zero-order valence-corrected chi connectivity index (χ0v) is 9.36. The molecule has 1 saturated carbocycles. The minimum Gasteiger partial charge on any atom is -0.496 e. The molecule has 1 aliphatic rings. The number of ether oxygens (including phenoxy) is 1. The smallest absolute Gasteiger partial charge is 0.133 e. The largest absolute Gasteiger partial charge is 0.496 e. The molecule has 14 heavy (non-hydrogen) atoms. The van der Waals surface area contributed by atoms with Gasteiger partial charge in [-0.05, 0) is 55.5 Å². The van der Waals surface area contributed by atoms with Gasteiger partial charge in [0.2, 0.25) is 0 Å². The van der Waals surface area contributed by atoms with E-state index in [1.165, 1.54) is 23.3 Å². The first kappa shape index (κ1) is 9.87. The maximum Gasteiger partial charge on any atom is 0.133 e. The van der Waals surface area contributed by atoms with Gasteiger partial charge >= 0.3 is 0 Å². The molecule has 2 nitrogen and oxygen atoms in total. The Bertz CT molecular complexity index is 323. The summed E-state index contributed by atoms with van der Waals surface area (Å²) in [7, 11) is 3.64. The Hall–Kier alpha value is -0.670. The number of hydrogen-bond donors (Lipinski definition) is 1. The monoisotopic (exact) mass is 209 g/mol. The lowest BCUT2D eigenvalue weighted by Gasteiger charge is -2.08. The maximum atomic E-state index is 5.29. The first-order chi connectivity index (χ1) is 6.85. The SMILES string of the molecule is CNSc1cc(C2CC2)ccc1OC. The molecule has 76 valence electrons. The van der Waals surface area contributed by atoms with Gasteiger partial charge in [-0.25, -0.2) is 0 Å². The van der Waals surface area contributed by atoms with E-state index in [1.54, 1.807) is 19.1 Å². The van der Waals surface area contributed by atoms with Gasteiger partial charge in [0, 0.05) is 0 Å². The Morgan fingerprint density at radius 1 is 1.43 bits per heavy atom. The van der Waals surface area contributed by atoms with Crippen LogP contribution in [0.4, 0.5) is 0 Å². The van der Waals surface area contributed by atoms with Crippen LogP contribution in [-0.2, 0) is 0 Å². The van der Waals surface area contributed by atoms with Gasteiger partial charge in [-0.2, -0.15) is 0 Å². The van der Waals surface area contributed by atoms with Gasteiger partial charge in [-0.3, -0.25) is 4.72 Å². The molecule has 1 aliphatic carbocycles. The fraction of sp³-hybridized carbons (Fsp3) is 0.455. The van der Waals surface area contributed by atoms with E-state index in [0.29, 0.717) is 0 Å². The van der Waals surface area contributed by atoms with Crippen molar-refractivity contribution in [3.05, 3.63) is 23.8 Å². The van der Waals surface area contributed by atoms with Gasteiger partial charge in [0.15, 0.2) is 0 Å². The van der Waals surface area contributed by atoms with Gasteiger partial charge in [-0.1, -0.05) is 6.07 Å². The third-order valence-electron chi connectivity index (χ3n) is 2.45. The van der Waals surface area contributed by atoms with Crippen LogP contribution in [0.5, 0.6) is 5.75 Å². The van der Waals surface area contributed by atoms with Crippen LogP contribution < -0.4 is 9.46 Å². The van der Waals surface area contributed by atoms with Crippen LogP contribution in [-0.4, -0.2) is 14.2 Å². The zero-order valence-electron chi connectivity index (χ0n) is 8.54. The van der Waals surface area contributed by atoms with Gasteiger partial charge in [0.25, 0.3) is 0 Å². The van der Waals surface area contributed by atoms with Gasteiger partial charge in [-0.15, -0.1) is 0 Å². The van der Waals surface area contributed by atoms with Crippen molar-refractivity contribution in [1.29, 1.82) is 0 Å². The molecule has 1 aromatic rings. The lowest BCUT2D eigenvalue weighted by atomic mass is 10.1. The topological polar surface area (TPSA) is 21.3 Å². The molecule has 0 atom stereocenters. The molecule has 0 radical (unpaired) electrons. The number of benzene rings is 1. The summed E-state index contributed by atoms with van der Waals surface area (Å²) >= 11 is 1.61. The molecule has 0 saturated heterocycles. The van der Waals surface area contributed by atoms with E-state index in [9.17, 15) is 0 Å². The van der Waals surface area contributed by atoms with Crippen LogP contribution in [0.3, 0.4) is 0 Å². The highest BCUT2D eigenvalue weighted by Crippen LogP contribution is 2.42. The highest BCUT2D eigenvalue weighted by atomic mass is 32.2. The van der Waals surface area contributed by atoms with E-state index < -0.39 is 0 Å². The second kappa shape index (κ2) is 4.24. The van der Waals surface area contributed by atoms with Crippen molar-refractivity contribution >= 4 is 11.9 Å². The van der Waals surface area contributed by atoms with E-state index in [-0.39, 0.29) is 0 Å². The Kier molecular flexibility index (Phi) is 2.99. The molecule has 0 aromatic heterocycles. The summed E-state index contributed by atoms with van der Waals surface area (Å²) in [5.74, 6) is 1.76. The molecule has 3 heteroatoms. The third kappa shape index (κ3) is 2.04. The van der Waals surface area contributed by atoms with E-state index in [2.05, 4.69) is 22.9 Å². The van der Waals surface area contributed by atoms with Crippen molar-refractivity contribution in [2.75, 3.05) is 14.2 Å². The van der Waals surface area contributed by atoms with Crippen molar-refractivity contribution in [1.82, 2.24) is 4.72 Å². The average molecular weight is 209 g/mol. The summed E-state index contributed by atoms with van der Waals surface area (Å²) in [6.45, 7) is 0. The summed E-state index contributed by atoms with van der Waals surface area (Å²) in [5.41, 5.74) is 1.45.